The van der Waals surface area contributed by atoms with E-state index in [4.69, 9.17) is 0 Å². The van der Waals surface area contributed by atoms with Gasteiger partial charge < -0.3 is 10.2 Å². The third kappa shape index (κ3) is 4.81. The fourth-order valence-corrected chi connectivity index (χ4v) is 4.46. The van der Waals surface area contributed by atoms with Gasteiger partial charge in [-0.15, -0.1) is 11.3 Å². The summed E-state index contributed by atoms with van der Waals surface area (Å²) >= 11 is 5.00. The summed E-state index contributed by atoms with van der Waals surface area (Å²) in [6.07, 6.45) is 4.14. The second kappa shape index (κ2) is 8.33. The lowest BCUT2D eigenvalue weighted by atomic mass is 9.94. The molecule has 1 aromatic carbocycles. The number of aromatic nitrogens is 1. The molecule has 0 saturated carbocycles. The molecule has 0 aliphatic carbocycles. The van der Waals surface area contributed by atoms with Crippen LogP contribution in [0.4, 0.5) is 5.13 Å². The van der Waals surface area contributed by atoms with Crippen LogP contribution >= 0.6 is 27.3 Å². The Labute approximate surface area is 178 Å². The number of carbonyl (C=O) groups excluding carboxylic acids is 2. The fourth-order valence-electron chi connectivity index (χ4n) is 3.37. The van der Waals surface area contributed by atoms with Gasteiger partial charge in [-0.05, 0) is 37.0 Å². The minimum Gasteiger partial charge on any atom is -0.330 e. The van der Waals surface area contributed by atoms with Crippen LogP contribution in [0.3, 0.4) is 0 Å². The topological polar surface area (TPSA) is 62.3 Å². The van der Waals surface area contributed by atoms with Crippen LogP contribution in [0.25, 0.3) is 0 Å². The lowest BCUT2D eigenvalue weighted by Gasteiger charge is -2.30. The highest BCUT2D eigenvalue weighted by Crippen LogP contribution is 2.28. The Morgan fingerprint density at radius 3 is 2.79 bits per heavy atom. The zero-order valence-corrected chi connectivity index (χ0v) is 19.1. The Kier molecular flexibility index (Phi) is 6.25. The first-order valence-corrected chi connectivity index (χ1v) is 11.1. The van der Waals surface area contributed by atoms with Crippen molar-refractivity contribution in [1.29, 1.82) is 0 Å². The molecular formula is C21H26BrN3O2S. The summed E-state index contributed by atoms with van der Waals surface area (Å²) in [6.45, 7) is 8.37. The van der Waals surface area contributed by atoms with Crippen LogP contribution in [0.5, 0.6) is 0 Å². The van der Waals surface area contributed by atoms with Gasteiger partial charge in [0.05, 0.1) is 0 Å². The molecule has 1 saturated heterocycles. The van der Waals surface area contributed by atoms with E-state index in [1.807, 2.05) is 27.0 Å². The van der Waals surface area contributed by atoms with Crippen molar-refractivity contribution in [3.63, 3.8) is 0 Å². The SMILES string of the molecule is Cc1cc(Cc2cnc(NC(=O)C3CCCN3C(=O)C(C)(C)C)s2)ccc1Br. The standard InChI is InChI=1S/C21H26BrN3O2S/c1-13-10-14(7-8-16(13)22)11-15-12-23-20(28-15)24-18(26)17-6-5-9-25(17)19(27)21(2,3)4/h7-8,10,12,17H,5-6,9,11H2,1-4H3,(H,23,24,26). The van der Waals surface area contributed by atoms with E-state index in [9.17, 15) is 9.59 Å². The molecule has 0 spiro atoms. The molecule has 1 unspecified atom stereocenters. The van der Waals surface area contributed by atoms with Crippen molar-refractivity contribution >= 4 is 44.2 Å². The summed E-state index contributed by atoms with van der Waals surface area (Å²) in [5.74, 6) is -0.119. The van der Waals surface area contributed by atoms with Crippen molar-refractivity contribution in [2.45, 2.75) is 53.0 Å². The van der Waals surface area contributed by atoms with Gasteiger partial charge in [-0.1, -0.05) is 48.8 Å². The minimum absolute atomic E-state index is 0.0237. The average molecular weight is 464 g/mol. The van der Waals surface area contributed by atoms with Crippen molar-refractivity contribution < 1.29 is 9.59 Å². The van der Waals surface area contributed by atoms with E-state index in [1.54, 1.807) is 4.90 Å². The van der Waals surface area contributed by atoms with Crippen molar-refractivity contribution in [3.05, 3.63) is 44.9 Å². The first kappa shape index (κ1) is 21.0. The lowest BCUT2D eigenvalue weighted by molar-refractivity contribution is -0.143. The van der Waals surface area contributed by atoms with Crippen LogP contribution in [-0.4, -0.2) is 34.3 Å². The molecule has 1 aromatic heterocycles. The van der Waals surface area contributed by atoms with Gasteiger partial charge in [-0.2, -0.15) is 0 Å². The summed E-state index contributed by atoms with van der Waals surface area (Å²) in [4.78, 5) is 32.5. The molecule has 1 aliphatic rings. The molecule has 1 aliphatic heterocycles. The lowest BCUT2D eigenvalue weighted by Crippen LogP contribution is -2.47. The van der Waals surface area contributed by atoms with Crippen LogP contribution in [0.2, 0.25) is 0 Å². The molecule has 2 heterocycles. The zero-order valence-electron chi connectivity index (χ0n) is 16.7. The first-order chi connectivity index (χ1) is 13.1. The van der Waals surface area contributed by atoms with E-state index >= 15 is 0 Å². The maximum atomic E-state index is 12.8. The van der Waals surface area contributed by atoms with E-state index in [2.05, 4.69) is 51.4 Å². The normalized spacial score (nSPS) is 17.0. The molecule has 1 fully saturated rings. The maximum absolute atomic E-state index is 12.8. The highest BCUT2D eigenvalue weighted by atomic mass is 79.9. The van der Waals surface area contributed by atoms with E-state index in [0.29, 0.717) is 18.1 Å². The van der Waals surface area contributed by atoms with Gasteiger partial charge >= 0.3 is 0 Å². The highest BCUT2D eigenvalue weighted by Gasteiger charge is 2.38. The number of rotatable bonds is 4. The Morgan fingerprint density at radius 2 is 2.11 bits per heavy atom. The molecule has 7 heteroatoms. The van der Waals surface area contributed by atoms with E-state index in [0.717, 1.165) is 22.2 Å². The van der Waals surface area contributed by atoms with Crippen LogP contribution in [0.1, 0.15) is 49.6 Å². The third-order valence-electron chi connectivity index (χ3n) is 4.84. The van der Waals surface area contributed by atoms with Gasteiger partial charge in [0, 0.05) is 33.9 Å². The predicted octanol–water partition coefficient (Wildman–Crippen LogP) is 4.78. The predicted molar refractivity (Wildman–Crippen MR) is 117 cm³/mol. The maximum Gasteiger partial charge on any atom is 0.248 e. The number of nitrogens with zero attached hydrogens (tertiary/aromatic N) is 2. The van der Waals surface area contributed by atoms with Gasteiger partial charge in [0.15, 0.2) is 5.13 Å². The Balaban J connectivity index is 1.65. The molecule has 0 radical (unpaired) electrons. The third-order valence-corrected chi connectivity index (χ3v) is 6.64. The number of anilines is 1. The second-order valence-corrected chi connectivity index (χ2v) is 10.3. The van der Waals surface area contributed by atoms with E-state index in [-0.39, 0.29) is 11.8 Å². The number of likely N-dealkylation sites (tertiary alicyclic amines) is 1. The van der Waals surface area contributed by atoms with E-state index in [1.165, 1.54) is 22.5 Å². The number of hydrogen-bond acceptors (Lipinski definition) is 4. The van der Waals surface area contributed by atoms with Crippen LogP contribution in [0, 0.1) is 12.3 Å². The van der Waals surface area contributed by atoms with Crippen molar-refractivity contribution in [1.82, 2.24) is 9.88 Å². The summed E-state index contributed by atoms with van der Waals surface area (Å²) in [6, 6.07) is 5.88. The van der Waals surface area contributed by atoms with Crippen molar-refractivity contribution in [2.24, 2.45) is 5.41 Å². The van der Waals surface area contributed by atoms with Crippen LogP contribution in [-0.2, 0) is 16.0 Å². The summed E-state index contributed by atoms with van der Waals surface area (Å²) in [5.41, 5.74) is 1.92. The summed E-state index contributed by atoms with van der Waals surface area (Å²) < 4.78 is 1.10. The molecule has 0 bridgehead atoms. The van der Waals surface area contributed by atoms with Crippen molar-refractivity contribution in [3.8, 4) is 0 Å². The average Bonchev–Trinajstić information content (AvgIpc) is 3.26. The Morgan fingerprint density at radius 1 is 1.36 bits per heavy atom. The first-order valence-electron chi connectivity index (χ1n) is 9.47. The zero-order chi connectivity index (χ0) is 20.5. The largest absolute Gasteiger partial charge is 0.330 e. The molecule has 1 atom stereocenters. The monoisotopic (exact) mass is 463 g/mol. The highest BCUT2D eigenvalue weighted by molar-refractivity contribution is 9.10. The molecule has 2 amide bonds. The van der Waals surface area contributed by atoms with Gasteiger partial charge in [-0.3, -0.25) is 9.59 Å². The van der Waals surface area contributed by atoms with Gasteiger partial charge in [-0.25, -0.2) is 4.98 Å². The van der Waals surface area contributed by atoms with Gasteiger partial charge in [0.25, 0.3) is 0 Å². The second-order valence-electron chi connectivity index (χ2n) is 8.29. The number of nitrogens with one attached hydrogen (secondary N) is 1. The van der Waals surface area contributed by atoms with Crippen LogP contribution < -0.4 is 5.32 Å². The number of halogens is 1. The molecule has 2 aromatic rings. The van der Waals surface area contributed by atoms with Crippen molar-refractivity contribution in [2.75, 3.05) is 11.9 Å². The fraction of sp³-hybridized carbons (Fsp3) is 0.476. The Bertz CT molecular complexity index is 888. The number of carbonyl (C=O) groups is 2. The molecule has 150 valence electrons. The van der Waals surface area contributed by atoms with Gasteiger partial charge in [0.2, 0.25) is 11.8 Å². The molecule has 28 heavy (non-hydrogen) atoms. The van der Waals surface area contributed by atoms with E-state index < -0.39 is 11.5 Å². The number of amides is 2. The number of thiazole rings is 1. The number of hydrogen-bond donors (Lipinski definition) is 1. The molecule has 5 nitrogen and oxygen atoms in total. The number of benzene rings is 1. The quantitative estimate of drug-likeness (QED) is 0.709. The summed E-state index contributed by atoms with van der Waals surface area (Å²) in [7, 11) is 0. The number of aryl methyl sites for hydroxylation is 1. The van der Waals surface area contributed by atoms with Crippen LogP contribution in [0.15, 0.2) is 28.9 Å². The molecule has 1 N–H and O–H groups in total. The Hall–Kier alpha value is -1.73. The smallest absolute Gasteiger partial charge is 0.248 e. The molecular weight excluding hydrogens is 438 g/mol. The summed E-state index contributed by atoms with van der Waals surface area (Å²) in [5, 5.41) is 3.50. The minimum atomic E-state index is -0.486. The van der Waals surface area contributed by atoms with Gasteiger partial charge in [0.1, 0.15) is 6.04 Å². The molecule has 3 rings (SSSR count).